The van der Waals surface area contributed by atoms with E-state index in [4.69, 9.17) is 9.84 Å². The van der Waals surface area contributed by atoms with E-state index in [-0.39, 0.29) is 18.2 Å². The Morgan fingerprint density at radius 2 is 2.10 bits per heavy atom. The van der Waals surface area contributed by atoms with E-state index < -0.39 is 12.1 Å². The number of hydrogen-bond donors (Lipinski definition) is 1. The van der Waals surface area contributed by atoms with Crippen LogP contribution in [0, 0.1) is 0 Å². The van der Waals surface area contributed by atoms with Crippen LogP contribution in [-0.2, 0) is 14.3 Å². The van der Waals surface area contributed by atoms with Crippen LogP contribution in [-0.4, -0.2) is 47.7 Å². The number of carboxylic acids is 1. The summed E-state index contributed by atoms with van der Waals surface area (Å²) < 4.78 is 5.38. The molecule has 20 heavy (non-hydrogen) atoms. The van der Waals surface area contributed by atoms with E-state index in [1.165, 1.54) is 0 Å². The fraction of sp³-hybridized carbons (Fsp3) is 0.467. The molecule has 1 aromatic carbocycles. The van der Waals surface area contributed by atoms with Crippen LogP contribution < -0.4 is 0 Å². The first-order valence-electron chi connectivity index (χ1n) is 6.75. The summed E-state index contributed by atoms with van der Waals surface area (Å²) in [6, 6.07) is 9.59. The average Bonchev–Trinajstić information content (AvgIpc) is 2.46. The lowest BCUT2D eigenvalue weighted by molar-refractivity contribution is -0.148. The Balaban J connectivity index is 1.99. The highest BCUT2D eigenvalue weighted by Gasteiger charge is 2.28. The van der Waals surface area contributed by atoms with Gasteiger partial charge in [0.05, 0.1) is 25.0 Å². The molecule has 2 atom stereocenters. The number of nitrogens with zero attached hydrogens (tertiary/aromatic N) is 1. The zero-order valence-electron chi connectivity index (χ0n) is 11.5. The monoisotopic (exact) mass is 277 g/mol. The second-order valence-corrected chi connectivity index (χ2v) is 5.01. The van der Waals surface area contributed by atoms with Gasteiger partial charge in [-0.25, -0.2) is 0 Å². The highest BCUT2D eigenvalue weighted by atomic mass is 16.5. The largest absolute Gasteiger partial charge is 0.481 e. The molecule has 0 spiro atoms. The molecule has 1 saturated heterocycles. The lowest BCUT2D eigenvalue weighted by Crippen LogP contribution is -2.47. The van der Waals surface area contributed by atoms with E-state index in [0.717, 1.165) is 5.56 Å². The molecule has 0 aromatic heterocycles. The molecule has 1 N–H and O–H groups in total. The third-order valence-corrected chi connectivity index (χ3v) is 3.52. The molecule has 1 aliphatic rings. The van der Waals surface area contributed by atoms with Crippen molar-refractivity contribution in [3.8, 4) is 0 Å². The van der Waals surface area contributed by atoms with Crippen molar-refractivity contribution in [3.63, 3.8) is 0 Å². The quantitative estimate of drug-likeness (QED) is 0.905. The van der Waals surface area contributed by atoms with Crippen LogP contribution >= 0.6 is 0 Å². The Labute approximate surface area is 118 Å². The molecule has 0 bridgehead atoms. The molecular weight excluding hydrogens is 258 g/mol. The van der Waals surface area contributed by atoms with Gasteiger partial charge in [0.15, 0.2) is 0 Å². The minimum absolute atomic E-state index is 0.0230. The summed E-state index contributed by atoms with van der Waals surface area (Å²) in [5, 5.41) is 8.79. The molecule has 0 radical (unpaired) electrons. The Morgan fingerprint density at radius 1 is 1.40 bits per heavy atom. The van der Waals surface area contributed by atoms with Gasteiger partial charge in [-0.15, -0.1) is 0 Å². The molecule has 1 heterocycles. The van der Waals surface area contributed by atoms with Gasteiger partial charge in [-0.3, -0.25) is 9.59 Å². The summed E-state index contributed by atoms with van der Waals surface area (Å²) in [7, 11) is 0. The Kier molecular flexibility index (Phi) is 4.74. The molecule has 0 aliphatic carbocycles. The van der Waals surface area contributed by atoms with Crippen molar-refractivity contribution in [1.82, 2.24) is 4.90 Å². The summed E-state index contributed by atoms with van der Waals surface area (Å²) >= 11 is 0. The third-order valence-electron chi connectivity index (χ3n) is 3.52. The van der Waals surface area contributed by atoms with E-state index in [2.05, 4.69) is 0 Å². The van der Waals surface area contributed by atoms with Gasteiger partial charge in [-0.1, -0.05) is 30.3 Å². The van der Waals surface area contributed by atoms with E-state index in [1.54, 1.807) is 4.90 Å². The van der Waals surface area contributed by atoms with Gasteiger partial charge in [0.25, 0.3) is 0 Å². The summed E-state index contributed by atoms with van der Waals surface area (Å²) in [6.45, 7) is 3.14. The molecule has 5 heteroatoms. The maximum atomic E-state index is 12.5. The molecule has 2 rings (SSSR count). The lowest BCUT2D eigenvalue weighted by Gasteiger charge is -2.34. The molecular formula is C15H19NO4. The first-order chi connectivity index (χ1) is 9.58. The van der Waals surface area contributed by atoms with Crippen LogP contribution in [0.1, 0.15) is 24.8 Å². The average molecular weight is 277 g/mol. The molecule has 1 aliphatic heterocycles. The Morgan fingerprint density at radius 3 is 2.75 bits per heavy atom. The first-order valence-corrected chi connectivity index (χ1v) is 6.75. The fourth-order valence-electron chi connectivity index (χ4n) is 2.40. The number of rotatable bonds is 4. The van der Waals surface area contributed by atoms with E-state index in [0.29, 0.717) is 19.7 Å². The number of ether oxygens (including phenoxy) is 1. The Bertz CT molecular complexity index is 474. The van der Waals surface area contributed by atoms with Crippen LogP contribution in [0.5, 0.6) is 0 Å². The SMILES string of the molecule is C[C@@H](C(=O)N1CCOC(CC(=O)O)C1)c1ccccc1. The fourth-order valence-corrected chi connectivity index (χ4v) is 2.40. The second kappa shape index (κ2) is 6.52. The van der Waals surface area contributed by atoms with E-state index >= 15 is 0 Å². The predicted molar refractivity (Wildman–Crippen MR) is 73.4 cm³/mol. The van der Waals surface area contributed by atoms with E-state index in [1.807, 2.05) is 37.3 Å². The number of amides is 1. The van der Waals surface area contributed by atoms with Crippen LogP contribution in [0.4, 0.5) is 0 Å². The van der Waals surface area contributed by atoms with Gasteiger partial charge >= 0.3 is 5.97 Å². The number of carbonyl (C=O) groups excluding carboxylic acids is 1. The molecule has 1 unspecified atom stereocenters. The number of carbonyl (C=O) groups is 2. The first kappa shape index (κ1) is 14.5. The van der Waals surface area contributed by atoms with Gasteiger partial charge in [-0.2, -0.15) is 0 Å². The maximum Gasteiger partial charge on any atom is 0.306 e. The second-order valence-electron chi connectivity index (χ2n) is 5.01. The molecule has 1 aromatic rings. The van der Waals surface area contributed by atoms with Crippen molar-refractivity contribution < 1.29 is 19.4 Å². The predicted octanol–water partition coefficient (Wildman–Crippen LogP) is 1.49. The number of benzene rings is 1. The van der Waals surface area contributed by atoms with Gasteiger partial charge in [0.1, 0.15) is 0 Å². The van der Waals surface area contributed by atoms with Crippen molar-refractivity contribution in [2.75, 3.05) is 19.7 Å². The van der Waals surface area contributed by atoms with Crippen LogP contribution in [0.15, 0.2) is 30.3 Å². The summed E-state index contributed by atoms with van der Waals surface area (Å²) in [6.07, 6.45) is -0.475. The standard InChI is InChI=1S/C15H19NO4/c1-11(12-5-3-2-4-6-12)15(19)16-7-8-20-13(10-16)9-14(17)18/h2-6,11,13H,7-10H2,1H3,(H,17,18)/t11-,13?/m1/s1. The molecule has 0 saturated carbocycles. The minimum atomic E-state index is -0.902. The van der Waals surface area contributed by atoms with Crippen molar-refractivity contribution in [2.24, 2.45) is 0 Å². The van der Waals surface area contributed by atoms with Gasteiger partial charge in [0, 0.05) is 13.1 Å². The van der Waals surface area contributed by atoms with Gasteiger partial charge in [0.2, 0.25) is 5.91 Å². The summed E-state index contributed by atoms with van der Waals surface area (Å²) in [5.41, 5.74) is 0.971. The van der Waals surface area contributed by atoms with E-state index in [9.17, 15) is 9.59 Å². The lowest BCUT2D eigenvalue weighted by atomic mass is 9.99. The van der Waals surface area contributed by atoms with Crippen LogP contribution in [0.3, 0.4) is 0 Å². The number of hydrogen-bond acceptors (Lipinski definition) is 3. The zero-order valence-corrected chi connectivity index (χ0v) is 11.5. The van der Waals surface area contributed by atoms with Crippen molar-refractivity contribution in [3.05, 3.63) is 35.9 Å². The van der Waals surface area contributed by atoms with Gasteiger partial charge in [-0.05, 0) is 12.5 Å². The number of aliphatic carboxylic acids is 1. The maximum absolute atomic E-state index is 12.5. The van der Waals surface area contributed by atoms with Crippen molar-refractivity contribution in [1.29, 1.82) is 0 Å². The van der Waals surface area contributed by atoms with Crippen LogP contribution in [0.2, 0.25) is 0 Å². The van der Waals surface area contributed by atoms with Crippen molar-refractivity contribution >= 4 is 11.9 Å². The molecule has 1 fully saturated rings. The van der Waals surface area contributed by atoms with Crippen LogP contribution in [0.25, 0.3) is 0 Å². The molecule has 1 amide bonds. The third kappa shape index (κ3) is 3.57. The summed E-state index contributed by atoms with van der Waals surface area (Å²) in [4.78, 5) is 24.9. The number of morpholine rings is 1. The Hall–Kier alpha value is -1.88. The highest BCUT2D eigenvalue weighted by Crippen LogP contribution is 2.20. The molecule has 5 nitrogen and oxygen atoms in total. The van der Waals surface area contributed by atoms with Gasteiger partial charge < -0.3 is 14.7 Å². The highest BCUT2D eigenvalue weighted by molar-refractivity contribution is 5.83. The smallest absolute Gasteiger partial charge is 0.306 e. The normalized spacial score (nSPS) is 20.4. The zero-order chi connectivity index (χ0) is 14.5. The minimum Gasteiger partial charge on any atom is -0.481 e. The van der Waals surface area contributed by atoms with Crippen molar-refractivity contribution in [2.45, 2.75) is 25.4 Å². The molecule has 108 valence electrons. The summed E-state index contributed by atoms with van der Waals surface area (Å²) in [5.74, 6) is -1.10. The topological polar surface area (TPSA) is 66.8 Å². The number of carboxylic acid groups (broad SMARTS) is 1.